The monoisotopic (exact) mass is 386 g/mol. The molecule has 0 aromatic carbocycles. The van der Waals surface area contributed by atoms with E-state index in [1.165, 1.54) is 0 Å². The van der Waals surface area contributed by atoms with Crippen LogP contribution >= 0.6 is 0 Å². The Kier molecular flexibility index (Phi) is 13.0. The summed E-state index contributed by atoms with van der Waals surface area (Å²) in [5, 5.41) is 12.4. The number of unbranched alkanes of at least 4 members (excludes halogenated alkanes) is 1. The van der Waals surface area contributed by atoms with E-state index in [2.05, 4.69) is 26.6 Å². The van der Waals surface area contributed by atoms with Crippen LogP contribution in [0, 0.1) is 0 Å². The molecule has 154 valence electrons. The van der Waals surface area contributed by atoms with Crippen LogP contribution < -0.4 is 32.3 Å². The van der Waals surface area contributed by atoms with Crippen molar-refractivity contribution in [3.8, 4) is 0 Å². The van der Waals surface area contributed by atoms with E-state index in [1.807, 2.05) is 7.05 Å². The molecular weight excluding hydrogens is 356 g/mol. The highest BCUT2D eigenvalue weighted by atomic mass is 16.2. The van der Waals surface area contributed by atoms with Crippen LogP contribution in [0.25, 0.3) is 0 Å². The maximum absolute atomic E-state index is 11.8. The highest BCUT2D eigenvalue weighted by Crippen LogP contribution is 2.00. The van der Waals surface area contributed by atoms with Gasteiger partial charge in [-0.2, -0.15) is 0 Å². The van der Waals surface area contributed by atoms with E-state index >= 15 is 0 Å². The highest BCUT2D eigenvalue weighted by molar-refractivity contribution is 5.91. The molecule has 0 aliphatic rings. The Morgan fingerprint density at radius 1 is 0.815 bits per heavy atom. The van der Waals surface area contributed by atoms with Crippen LogP contribution in [0.2, 0.25) is 0 Å². The van der Waals surface area contributed by atoms with E-state index in [1.54, 1.807) is 6.92 Å². The number of hydrogen-bond donors (Lipinski definition) is 6. The Bertz CT molecular complexity index is 525. The first-order chi connectivity index (χ1) is 12.8. The molecule has 0 spiro atoms. The summed E-state index contributed by atoms with van der Waals surface area (Å²) in [4.78, 5) is 57.3. The molecule has 5 amide bonds. The van der Waals surface area contributed by atoms with Crippen molar-refractivity contribution in [3.05, 3.63) is 0 Å². The van der Waals surface area contributed by atoms with Gasteiger partial charge in [0.1, 0.15) is 6.04 Å². The molecule has 0 saturated carbocycles. The molecule has 0 aliphatic carbocycles. The summed E-state index contributed by atoms with van der Waals surface area (Å²) in [6.07, 6.45) is 2.22. The molecule has 0 unspecified atom stereocenters. The number of carbonyl (C=O) groups is 5. The molecule has 0 aromatic rings. The van der Waals surface area contributed by atoms with Crippen molar-refractivity contribution in [2.24, 2.45) is 5.73 Å². The van der Waals surface area contributed by atoms with Gasteiger partial charge in [-0.3, -0.25) is 24.0 Å². The summed E-state index contributed by atoms with van der Waals surface area (Å²) in [6.45, 7) is 1.54. The van der Waals surface area contributed by atoms with Gasteiger partial charge in [-0.15, -0.1) is 0 Å². The second-order valence-electron chi connectivity index (χ2n) is 5.81. The van der Waals surface area contributed by atoms with Gasteiger partial charge in [-0.1, -0.05) is 6.92 Å². The van der Waals surface area contributed by atoms with E-state index in [-0.39, 0.29) is 32.0 Å². The number of amides is 5. The highest BCUT2D eigenvalue weighted by Gasteiger charge is 2.18. The third-order valence-corrected chi connectivity index (χ3v) is 3.51. The number of nitrogens with one attached hydrogen (secondary N) is 5. The molecule has 0 saturated heterocycles. The van der Waals surface area contributed by atoms with Crippen molar-refractivity contribution in [3.63, 3.8) is 0 Å². The maximum Gasteiger partial charge on any atom is 0.240 e. The summed E-state index contributed by atoms with van der Waals surface area (Å²) in [6, 6.07) is -0.798. The van der Waals surface area contributed by atoms with Crippen LogP contribution in [0.1, 0.15) is 32.6 Å². The Morgan fingerprint density at radius 2 is 1.33 bits per heavy atom. The largest absolute Gasteiger partial charge is 0.368 e. The van der Waals surface area contributed by atoms with E-state index < -0.39 is 29.7 Å². The van der Waals surface area contributed by atoms with Gasteiger partial charge in [-0.25, -0.2) is 0 Å². The standard InChI is InChI=1S/C16H30N6O5/c1-3-12(23)19-8-13(24)20-9-14(25)21-10-15(26)22-11(16(17)27)6-4-5-7-18-2/h11,18H,3-10H2,1-2H3,(H2,17,27)(H,19,23)(H,20,24)(H,21,25)(H,22,26)/t11-/m1/s1. The van der Waals surface area contributed by atoms with Crippen LogP contribution in [0.15, 0.2) is 0 Å². The first-order valence-corrected chi connectivity index (χ1v) is 8.83. The predicted octanol–water partition coefficient (Wildman–Crippen LogP) is -2.90. The molecule has 0 rings (SSSR count). The Labute approximate surface area is 158 Å². The van der Waals surface area contributed by atoms with E-state index in [0.717, 1.165) is 13.0 Å². The molecule has 0 aliphatic heterocycles. The van der Waals surface area contributed by atoms with Crippen LogP contribution in [-0.4, -0.2) is 68.8 Å². The molecule has 7 N–H and O–H groups in total. The molecule has 0 fully saturated rings. The fourth-order valence-electron chi connectivity index (χ4n) is 1.97. The number of nitrogens with two attached hydrogens (primary N) is 1. The molecule has 11 nitrogen and oxygen atoms in total. The van der Waals surface area contributed by atoms with E-state index in [0.29, 0.717) is 12.8 Å². The Balaban J connectivity index is 4.06. The minimum absolute atomic E-state index is 0.228. The van der Waals surface area contributed by atoms with Crippen molar-refractivity contribution in [1.29, 1.82) is 0 Å². The van der Waals surface area contributed by atoms with Crippen molar-refractivity contribution in [2.45, 2.75) is 38.6 Å². The zero-order chi connectivity index (χ0) is 20.7. The third-order valence-electron chi connectivity index (χ3n) is 3.51. The minimum atomic E-state index is -0.798. The second-order valence-corrected chi connectivity index (χ2v) is 5.81. The lowest BCUT2D eigenvalue weighted by Crippen LogP contribution is -2.49. The van der Waals surface area contributed by atoms with Crippen LogP contribution in [0.5, 0.6) is 0 Å². The van der Waals surface area contributed by atoms with Gasteiger partial charge in [0.2, 0.25) is 29.5 Å². The van der Waals surface area contributed by atoms with Crippen molar-refractivity contribution in [1.82, 2.24) is 26.6 Å². The first-order valence-electron chi connectivity index (χ1n) is 8.83. The summed E-state index contributed by atoms with van der Waals surface area (Å²) in [7, 11) is 1.82. The molecule has 0 heterocycles. The average Bonchev–Trinajstić information content (AvgIpc) is 2.64. The Hall–Kier alpha value is -2.69. The molecule has 1 atom stereocenters. The topological polar surface area (TPSA) is 172 Å². The normalized spacial score (nSPS) is 11.2. The second kappa shape index (κ2) is 14.5. The van der Waals surface area contributed by atoms with Gasteiger partial charge >= 0.3 is 0 Å². The lowest BCUT2D eigenvalue weighted by molar-refractivity contribution is -0.129. The summed E-state index contributed by atoms with van der Waals surface area (Å²) in [5.74, 6) is -2.57. The van der Waals surface area contributed by atoms with Gasteiger partial charge < -0.3 is 32.3 Å². The molecular formula is C16H30N6O5. The van der Waals surface area contributed by atoms with Crippen LogP contribution in [0.4, 0.5) is 0 Å². The number of hydrogen-bond acceptors (Lipinski definition) is 6. The van der Waals surface area contributed by atoms with E-state index in [4.69, 9.17) is 5.73 Å². The lowest BCUT2D eigenvalue weighted by Gasteiger charge is -2.15. The average molecular weight is 386 g/mol. The smallest absolute Gasteiger partial charge is 0.240 e. The Morgan fingerprint density at radius 3 is 1.81 bits per heavy atom. The van der Waals surface area contributed by atoms with Crippen molar-refractivity contribution >= 4 is 29.5 Å². The molecule has 0 bridgehead atoms. The zero-order valence-corrected chi connectivity index (χ0v) is 15.9. The zero-order valence-electron chi connectivity index (χ0n) is 15.9. The summed E-state index contributed by atoms with van der Waals surface area (Å²) in [5.41, 5.74) is 5.26. The number of rotatable bonds is 14. The minimum Gasteiger partial charge on any atom is -0.368 e. The van der Waals surface area contributed by atoms with Gasteiger partial charge in [0, 0.05) is 6.42 Å². The molecule has 0 aromatic heterocycles. The molecule has 0 radical (unpaired) electrons. The molecule has 11 heteroatoms. The predicted molar refractivity (Wildman–Crippen MR) is 98.2 cm³/mol. The van der Waals surface area contributed by atoms with Crippen LogP contribution in [0.3, 0.4) is 0 Å². The quantitative estimate of drug-likeness (QED) is 0.175. The summed E-state index contributed by atoms with van der Waals surface area (Å²) < 4.78 is 0. The number of primary amides is 1. The van der Waals surface area contributed by atoms with Crippen LogP contribution in [-0.2, 0) is 24.0 Å². The summed E-state index contributed by atoms with van der Waals surface area (Å²) >= 11 is 0. The lowest BCUT2D eigenvalue weighted by atomic mass is 10.1. The van der Waals surface area contributed by atoms with Gasteiger partial charge in [-0.05, 0) is 32.9 Å². The van der Waals surface area contributed by atoms with Gasteiger partial charge in [0.15, 0.2) is 0 Å². The molecule has 27 heavy (non-hydrogen) atoms. The van der Waals surface area contributed by atoms with Crippen molar-refractivity contribution < 1.29 is 24.0 Å². The van der Waals surface area contributed by atoms with E-state index in [9.17, 15) is 24.0 Å². The van der Waals surface area contributed by atoms with Crippen molar-refractivity contribution in [2.75, 3.05) is 33.2 Å². The van der Waals surface area contributed by atoms with Gasteiger partial charge in [0.05, 0.1) is 19.6 Å². The third kappa shape index (κ3) is 13.2. The maximum atomic E-state index is 11.8. The fourth-order valence-corrected chi connectivity index (χ4v) is 1.97. The number of carbonyl (C=O) groups excluding carboxylic acids is 5. The first kappa shape index (κ1) is 24.3. The SMILES string of the molecule is CCC(=O)NCC(=O)NCC(=O)NCC(=O)N[C@H](CCCCNC)C(N)=O. The fraction of sp³-hybridized carbons (Fsp3) is 0.688. The van der Waals surface area contributed by atoms with Gasteiger partial charge in [0.25, 0.3) is 0 Å².